The van der Waals surface area contributed by atoms with Gasteiger partial charge in [-0.25, -0.2) is 9.97 Å². The number of hydrogen-bond acceptors (Lipinski definition) is 4. The minimum absolute atomic E-state index is 0.0411. The molecule has 2 aromatic heterocycles. The molecule has 0 aliphatic carbocycles. The van der Waals surface area contributed by atoms with Gasteiger partial charge in [-0.15, -0.1) is 0 Å². The third-order valence-corrected chi connectivity index (χ3v) is 4.55. The highest BCUT2D eigenvalue weighted by Crippen LogP contribution is 2.21. The van der Waals surface area contributed by atoms with Crippen LogP contribution in [0, 0.1) is 5.92 Å². The monoisotopic (exact) mass is 315 g/mol. The van der Waals surface area contributed by atoms with E-state index >= 15 is 0 Å². The molecular formula is C17H25N5O. The van der Waals surface area contributed by atoms with Crippen LogP contribution in [0.2, 0.25) is 0 Å². The third kappa shape index (κ3) is 3.52. The first-order chi connectivity index (χ1) is 11.2. The number of likely N-dealkylation sites (tertiary alicyclic amines) is 1. The van der Waals surface area contributed by atoms with Crippen molar-refractivity contribution in [2.75, 3.05) is 13.1 Å². The quantitative estimate of drug-likeness (QED) is 0.766. The van der Waals surface area contributed by atoms with Crippen LogP contribution >= 0.6 is 0 Å². The molecule has 1 saturated heterocycles. The maximum Gasteiger partial charge on any atom is 0.202 e. The fourth-order valence-corrected chi connectivity index (χ4v) is 3.33. The summed E-state index contributed by atoms with van der Waals surface area (Å²) in [6.07, 6.45) is 10.5. The first kappa shape index (κ1) is 15.9. The highest BCUT2D eigenvalue weighted by molar-refractivity contribution is 5.94. The van der Waals surface area contributed by atoms with Crippen LogP contribution in [0.5, 0.6) is 0 Å². The number of carbonyl (C=O) groups excluding carboxylic acids is 1. The molecule has 6 heteroatoms. The molecule has 0 N–H and O–H groups in total. The van der Waals surface area contributed by atoms with Gasteiger partial charge in [0.25, 0.3) is 0 Å². The molecule has 1 fully saturated rings. The summed E-state index contributed by atoms with van der Waals surface area (Å²) >= 11 is 0. The molecule has 0 bridgehead atoms. The number of carbonyl (C=O) groups is 1. The van der Waals surface area contributed by atoms with E-state index in [-0.39, 0.29) is 11.7 Å². The standard InChI is InChI=1S/C17H25N5O/c1-3-8-22-11-7-18-15(22)13-21-9-4-5-14(12-21)16(23)17-19-6-10-20(17)2/h6-7,10-11,14H,3-5,8-9,12-13H2,1-2H3/t14-/m1/s1. The summed E-state index contributed by atoms with van der Waals surface area (Å²) in [4.78, 5) is 23.7. The Morgan fingerprint density at radius 1 is 1.30 bits per heavy atom. The van der Waals surface area contributed by atoms with Gasteiger partial charge in [0.1, 0.15) is 5.82 Å². The lowest BCUT2D eigenvalue weighted by Crippen LogP contribution is -2.39. The molecule has 3 rings (SSSR count). The molecule has 1 aliphatic heterocycles. The summed E-state index contributed by atoms with van der Waals surface area (Å²) in [5, 5.41) is 0. The zero-order chi connectivity index (χ0) is 16.2. The lowest BCUT2D eigenvalue weighted by Gasteiger charge is -2.31. The normalized spacial score (nSPS) is 19.1. The Morgan fingerprint density at radius 2 is 2.13 bits per heavy atom. The Bertz CT molecular complexity index is 659. The molecule has 0 spiro atoms. The van der Waals surface area contributed by atoms with Crippen LogP contribution in [0.1, 0.15) is 42.6 Å². The Balaban J connectivity index is 1.65. The molecule has 6 nitrogen and oxygen atoms in total. The predicted molar refractivity (Wildman–Crippen MR) is 88.1 cm³/mol. The topological polar surface area (TPSA) is 56.0 Å². The largest absolute Gasteiger partial charge is 0.334 e. The molecule has 23 heavy (non-hydrogen) atoms. The van der Waals surface area contributed by atoms with Gasteiger partial charge in [-0.3, -0.25) is 9.69 Å². The maximum atomic E-state index is 12.7. The van der Waals surface area contributed by atoms with Crippen LogP contribution in [0.3, 0.4) is 0 Å². The Kier molecular flexibility index (Phi) is 4.91. The zero-order valence-corrected chi connectivity index (χ0v) is 14.0. The summed E-state index contributed by atoms with van der Waals surface area (Å²) in [6.45, 7) is 5.82. The Labute approximate surface area is 137 Å². The van der Waals surface area contributed by atoms with Crippen molar-refractivity contribution in [2.45, 2.75) is 39.3 Å². The maximum absolute atomic E-state index is 12.7. The van der Waals surface area contributed by atoms with Crippen molar-refractivity contribution in [1.29, 1.82) is 0 Å². The van der Waals surface area contributed by atoms with Gasteiger partial charge in [-0.05, 0) is 25.8 Å². The fraction of sp³-hybridized carbons (Fsp3) is 0.588. The predicted octanol–water partition coefficient (Wildman–Crippen LogP) is 2.12. The van der Waals surface area contributed by atoms with Crippen molar-refractivity contribution in [3.05, 3.63) is 36.4 Å². The number of aromatic nitrogens is 4. The second-order valence-electron chi connectivity index (χ2n) is 6.34. The lowest BCUT2D eigenvalue weighted by atomic mass is 9.93. The zero-order valence-electron chi connectivity index (χ0n) is 14.0. The van der Waals surface area contributed by atoms with Crippen LogP contribution in [0.15, 0.2) is 24.8 Å². The molecule has 1 aliphatic rings. The minimum Gasteiger partial charge on any atom is -0.334 e. The van der Waals surface area contributed by atoms with Gasteiger partial charge in [-0.2, -0.15) is 0 Å². The van der Waals surface area contributed by atoms with E-state index in [1.165, 1.54) is 0 Å². The van der Waals surface area contributed by atoms with Gasteiger partial charge in [-0.1, -0.05) is 6.92 Å². The number of piperidine rings is 1. The van der Waals surface area contributed by atoms with E-state index in [4.69, 9.17) is 0 Å². The van der Waals surface area contributed by atoms with Gasteiger partial charge >= 0.3 is 0 Å². The van der Waals surface area contributed by atoms with Gasteiger partial charge in [0.2, 0.25) is 5.78 Å². The number of imidazole rings is 2. The molecular weight excluding hydrogens is 290 g/mol. The fourth-order valence-electron chi connectivity index (χ4n) is 3.33. The van der Waals surface area contributed by atoms with Crippen LogP contribution in [0.25, 0.3) is 0 Å². The summed E-state index contributed by atoms with van der Waals surface area (Å²) < 4.78 is 4.03. The molecule has 0 aromatic carbocycles. The first-order valence-corrected chi connectivity index (χ1v) is 8.43. The van der Waals surface area contributed by atoms with Crippen molar-refractivity contribution in [2.24, 2.45) is 13.0 Å². The molecule has 0 amide bonds. The summed E-state index contributed by atoms with van der Waals surface area (Å²) in [7, 11) is 1.88. The van der Waals surface area contributed by atoms with E-state index in [1.807, 2.05) is 30.2 Å². The second kappa shape index (κ2) is 7.08. The SMILES string of the molecule is CCCn1ccnc1CN1CCC[C@@H](C(=O)c2nccn2C)C1. The van der Waals surface area contributed by atoms with Gasteiger partial charge in [0.15, 0.2) is 5.82 Å². The molecule has 2 aromatic rings. The molecule has 0 saturated carbocycles. The molecule has 0 radical (unpaired) electrons. The van der Waals surface area contributed by atoms with Gasteiger partial charge in [0, 0.05) is 50.8 Å². The molecule has 0 unspecified atom stereocenters. The van der Waals surface area contributed by atoms with Crippen molar-refractivity contribution in [3.8, 4) is 0 Å². The number of hydrogen-bond donors (Lipinski definition) is 0. The number of ketones is 1. The smallest absolute Gasteiger partial charge is 0.202 e. The van der Waals surface area contributed by atoms with Crippen molar-refractivity contribution >= 4 is 5.78 Å². The van der Waals surface area contributed by atoms with Gasteiger partial charge < -0.3 is 9.13 Å². The Hall–Kier alpha value is -1.95. The average Bonchev–Trinajstić information content (AvgIpc) is 3.17. The van der Waals surface area contributed by atoms with E-state index in [0.29, 0.717) is 5.82 Å². The molecule has 1 atom stereocenters. The van der Waals surface area contributed by atoms with Crippen molar-refractivity contribution < 1.29 is 4.79 Å². The van der Waals surface area contributed by atoms with Crippen LogP contribution in [-0.2, 0) is 20.1 Å². The minimum atomic E-state index is 0.0411. The van der Waals surface area contributed by atoms with Crippen LogP contribution < -0.4 is 0 Å². The molecule has 3 heterocycles. The van der Waals surface area contributed by atoms with Crippen molar-refractivity contribution in [3.63, 3.8) is 0 Å². The van der Waals surface area contributed by atoms with E-state index in [2.05, 4.69) is 26.4 Å². The van der Waals surface area contributed by atoms with E-state index < -0.39 is 0 Å². The summed E-state index contributed by atoms with van der Waals surface area (Å²) in [5.41, 5.74) is 0. The van der Waals surface area contributed by atoms with E-state index in [9.17, 15) is 4.79 Å². The number of rotatable bonds is 6. The van der Waals surface area contributed by atoms with Gasteiger partial charge in [0.05, 0.1) is 6.54 Å². The van der Waals surface area contributed by atoms with E-state index in [0.717, 1.165) is 51.3 Å². The molecule has 124 valence electrons. The number of nitrogens with zero attached hydrogens (tertiary/aromatic N) is 5. The van der Waals surface area contributed by atoms with Crippen molar-refractivity contribution in [1.82, 2.24) is 24.0 Å². The average molecular weight is 315 g/mol. The lowest BCUT2D eigenvalue weighted by molar-refractivity contribution is 0.0793. The first-order valence-electron chi connectivity index (χ1n) is 8.43. The second-order valence-corrected chi connectivity index (χ2v) is 6.34. The third-order valence-electron chi connectivity index (χ3n) is 4.55. The highest BCUT2D eigenvalue weighted by Gasteiger charge is 2.29. The summed E-state index contributed by atoms with van der Waals surface area (Å²) in [6, 6.07) is 0. The summed E-state index contributed by atoms with van der Waals surface area (Å²) in [5.74, 6) is 1.87. The Morgan fingerprint density at radius 3 is 2.87 bits per heavy atom. The number of aryl methyl sites for hydroxylation is 2. The van der Waals surface area contributed by atoms with Crippen LogP contribution in [0.4, 0.5) is 0 Å². The van der Waals surface area contributed by atoms with Crippen LogP contribution in [-0.4, -0.2) is 42.9 Å². The number of Topliss-reactive ketones (excluding diaryl/α,β-unsaturated/α-hetero) is 1. The highest BCUT2D eigenvalue weighted by atomic mass is 16.1. The van der Waals surface area contributed by atoms with E-state index in [1.54, 1.807) is 6.20 Å².